The summed E-state index contributed by atoms with van der Waals surface area (Å²) < 4.78 is 0. The highest BCUT2D eigenvalue weighted by Gasteiger charge is 2.00. The van der Waals surface area contributed by atoms with E-state index in [1.807, 2.05) is 0 Å². The first-order valence-corrected chi connectivity index (χ1v) is 21.6. The predicted molar refractivity (Wildman–Crippen MR) is 205 cm³/mol. The molecule has 0 atom stereocenters. The van der Waals surface area contributed by atoms with Gasteiger partial charge in [0, 0.05) is 12.8 Å². The summed E-state index contributed by atoms with van der Waals surface area (Å²) in [6.07, 6.45) is 53.9. The molecule has 0 aromatic rings. The second-order valence-corrected chi connectivity index (χ2v) is 15.1. The Bertz CT molecular complexity index is 567. The number of carboxylic acids is 2. The van der Waals surface area contributed by atoms with Crippen LogP contribution in [0.3, 0.4) is 0 Å². The molecule has 280 valence electrons. The Hall–Kier alpha value is -1.06. The Morgan fingerprint density at radius 1 is 0.191 bits per heavy atom. The van der Waals surface area contributed by atoms with Gasteiger partial charge in [0.15, 0.2) is 0 Å². The van der Waals surface area contributed by atoms with Gasteiger partial charge < -0.3 is 10.2 Å². The molecule has 0 aromatic heterocycles. The van der Waals surface area contributed by atoms with Gasteiger partial charge in [0.25, 0.3) is 0 Å². The minimum Gasteiger partial charge on any atom is -0.481 e. The van der Waals surface area contributed by atoms with Crippen LogP contribution in [0.4, 0.5) is 0 Å². The maximum atomic E-state index is 10.5. The molecule has 4 heteroatoms. The number of aliphatic carboxylic acids is 2. The van der Waals surface area contributed by atoms with Gasteiger partial charge in [0.1, 0.15) is 0 Å². The molecular formula is C43H84O4. The monoisotopic (exact) mass is 665 g/mol. The van der Waals surface area contributed by atoms with Crippen LogP contribution in [-0.2, 0) is 9.59 Å². The third-order valence-corrected chi connectivity index (χ3v) is 10.3. The van der Waals surface area contributed by atoms with Crippen LogP contribution >= 0.6 is 0 Å². The second kappa shape index (κ2) is 41.1. The average molecular weight is 665 g/mol. The molecule has 0 radical (unpaired) electrons. The topological polar surface area (TPSA) is 74.6 Å². The lowest BCUT2D eigenvalue weighted by atomic mass is 10.0. The van der Waals surface area contributed by atoms with Gasteiger partial charge in [-0.2, -0.15) is 0 Å². The van der Waals surface area contributed by atoms with E-state index >= 15 is 0 Å². The van der Waals surface area contributed by atoms with E-state index in [0.29, 0.717) is 12.8 Å². The highest BCUT2D eigenvalue weighted by atomic mass is 16.4. The molecule has 0 aliphatic heterocycles. The van der Waals surface area contributed by atoms with Crippen LogP contribution in [0.15, 0.2) is 0 Å². The summed E-state index contributed by atoms with van der Waals surface area (Å²) in [6, 6.07) is 0. The molecule has 0 unspecified atom stereocenters. The van der Waals surface area contributed by atoms with Gasteiger partial charge >= 0.3 is 11.9 Å². The van der Waals surface area contributed by atoms with Crippen molar-refractivity contribution in [3.8, 4) is 0 Å². The fraction of sp³-hybridized carbons (Fsp3) is 0.953. The van der Waals surface area contributed by atoms with E-state index in [-0.39, 0.29) is 0 Å². The molecule has 0 aliphatic rings. The molecule has 4 nitrogen and oxygen atoms in total. The van der Waals surface area contributed by atoms with Crippen molar-refractivity contribution < 1.29 is 19.8 Å². The van der Waals surface area contributed by atoms with Gasteiger partial charge in [-0.05, 0) is 12.8 Å². The zero-order valence-corrected chi connectivity index (χ0v) is 31.7. The predicted octanol–water partition coefficient (Wildman–Crippen LogP) is 15.1. The molecule has 0 rings (SSSR count). The molecule has 2 N–H and O–H groups in total. The van der Waals surface area contributed by atoms with Crippen molar-refractivity contribution in [2.45, 2.75) is 263 Å². The van der Waals surface area contributed by atoms with E-state index in [1.54, 1.807) is 0 Å². The van der Waals surface area contributed by atoms with E-state index in [0.717, 1.165) is 25.7 Å². The molecule has 0 saturated heterocycles. The van der Waals surface area contributed by atoms with Crippen molar-refractivity contribution in [3.05, 3.63) is 0 Å². The van der Waals surface area contributed by atoms with Crippen molar-refractivity contribution in [3.63, 3.8) is 0 Å². The molecular weight excluding hydrogens is 580 g/mol. The van der Waals surface area contributed by atoms with E-state index in [4.69, 9.17) is 10.2 Å². The standard InChI is InChI=1S/C43H84O4/c44-42(45)40-38-36-34-32-30-28-26-24-22-20-18-16-14-12-10-8-6-4-2-1-3-5-7-9-11-13-15-17-19-21-23-25-27-29-31-33-35-37-39-41-43(46)47/h1-41H2,(H,44,45)(H,46,47). The lowest BCUT2D eigenvalue weighted by Crippen LogP contribution is -1.93. The van der Waals surface area contributed by atoms with Crippen LogP contribution in [0.2, 0.25) is 0 Å². The zero-order chi connectivity index (χ0) is 34.1. The first-order valence-electron chi connectivity index (χ1n) is 21.6. The van der Waals surface area contributed by atoms with Crippen molar-refractivity contribution in [2.75, 3.05) is 0 Å². The maximum Gasteiger partial charge on any atom is 0.303 e. The lowest BCUT2D eigenvalue weighted by molar-refractivity contribution is -0.138. The van der Waals surface area contributed by atoms with Crippen LogP contribution in [0.25, 0.3) is 0 Å². The molecule has 0 aromatic carbocycles. The summed E-state index contributed by atoms with van der Waals surface area (Å²) in [6.45, 7) is 0. The van der Waals surface area contributed by atoms with Gasteiger partial charge in [-0.25, -0.2) is 0 Å². The summed E-state index contributed by atoms with van der Waals surface area (Å²) in [5, 5.41) is 17.3. The van der Waals surface area contributed by atoms with Crippen LogP contribution in [0.5, 0.6) is 0 Å². The molecule has 0 bridgehead atoms. The van der Waals surface area contributed by atoms with Crippen molar-refractivity contribution >= 4 is 11.9 Å². The van der Waals surface area contributed by atoms with E-state index < -0.39 is 11.9 Å². The van der Waals surface area contributed by atoms with Gasteiger partial charge in [-0.15, -0.1) is 0 Å². The van der Waals surface area contributed by atoms with Gasteiger partial charge in [-0.1, -0.05) is 238 Å². The Morgan fingerprint density at radius 3 is 0.362 bits per heavy atom. The molecule has 0 saturated carbocycles. The number of hydrogen-bond acceptors (Lipinski definition) is 2. The summed E-state index contributed by atoms with van der Waals surface area (Å²) in [7, 11) is 0. The molecule has 0 fully saturated rings. The summed E-state index contributed by atoms with van der Waals surface area (Å²) in [4.78, 5) is 21.0. The highest BCUT2D eigenvalue weighted by molar-refractivity contribution is 5.66. The largest absolute Gasteiger partial charge is 0.481 e. The molecule has 47 heavy (non-hydrogen) atoms. The quantitative estimate of drug-likeness (QED) is 0.0637. The third kappa shape index (κ3) is 44.9. The lowest BCUT2D eigenvalue weighted by Gasteiger charge is -2.05. The third-order valence-electron chi connectivity index (χ3n) is 10.3. The molecule has 0 heterocycles. The van der Waals surface area contributed by atoms with Crippen LogP contribution < -0.4 is 0 Å². The fourth-order valence-corrected chi connectivity index (χ4v) is 7.09. The first-order chi connectivity index (χ1) is 23.1. The number of carbonyl (C=O) groups is 2. The maximum absolute atomic E-state index is 10.5. The molecule has 0 spiro atoms. The smallest absolute Gasteiger partial charge is 0.303 e. The van der Waals surface area contributed by atoms with Gasteiger partial charge in [-0.3, -0.25) is 9.59 Å². The van der Waals surface area contributed by atoms with E-state index in [1.165, 1.54) is 225 Å². The molecule has 0 amide bonds. The van der Waals surface area contributed by atoms with Gasteiger partial charge in [0.05, 0.1) is 0 Å². The summed E-state index contributed by atoms with van der Waals surface area (Å²) >= 11 is 0. The zero-order valence-electron chi connectivity index (χ0n) is 31.7. The van der Waals surface area contributed by atoms with E-state index in [9.17, 15) is 9.59 Å². The number of rotatable bonds is 42. The minimum atomic E-state index is -0.651. The minimum absolute atomic E-state index is 0.342. The highest BCUT2D eigenvalue weighted by Crippen LogP contribution is 2.18. The summed E-state index contributed by atoms with van der Waals surface area (Å²) in [5.74, 6) is -1.30. The Labute approximate surface area is 294 Å². The van der Waals surface area contributed by atoms with Gasteiger partial charge in [0.2, 0.25) is 0 Å². The Kier molecular flexibility index (Phi) is 40.2. The van der Waals surface area contributed by atoms with E-state index in [2.05, 4.69) is 0 Å². The molecule has 0 aliphatic carbocycles. The normalized spacial score (nSPS) is 11.4. The van der Waals surface area contributed by atoms with Crippen molar-refractivity contribution in [1.29, 1.82) is 0 Å². The SMILES string of the molecule is O=C(O)CCCCCCCCCCCCCCCCCCCCCCCCCCCCCCCCCCCCCCCCCC(=O)O. The first kappa shape index (κ1) is 45.9. The van der Waals surface area contributed by atoms with Crippen molar-refractivity contribution in [1.82, 2.24) is 0 Å². The van der Waals surface area contributed by atoms with Crippen LogP contribution in [-0.4, -0.2) is 22.2 Å². The van der Waals surface area contributed by atoms with Crippen LogP contribution in [0.1, 0.15) is 263 Å². The average Bonchev–Trinajstić information content (AvgIpc) is 3.05. The number of hydrogen-bond donors (Lipinski definition) is 2. The Morgan fingerprint density at radius 2 is 0.277 bits per heavy atom. The van der Waals surface area contributed by atoms with Crippen LogP contribution in [0, 0.1) is 0 Å². The Balaban J connectivity index is 3.05. The van der Waals surface area contributed by atoms with Crippen molar-refractivity contribution in [2.24, 2.45) is 0 Å². The number of unbranched alkanes of at least 4 members (excludes halogenated alkanes) is 38. The summed E-state index contributed by atoms with van der Waals surface area (Å²) in [5.41, 5.74) is 0. The second-order valence-electron chi connectivity index (χ2n) is 15.1. The fourth-order valence-electron chi connectivity index (χ4n) is 7.09. The number of carboxylic acid groups (broad SMARTS) is 2.